The van der Waals surface area contributed by atoms with Gasteiger partial charge in [0.25, 0.3) is 0 Å². The SMILES string of the molecule is C[N](S1(=O)=N[S@](=O)(F)=N[S@@](=O)(F)=N1)[Sn]([CH3])([CH3])[CH3]. The maximum atomic E-state index is 13.1. The van der Waals surface area contributed by atoms with Gasteiger partial charge in [-0.1, -0.05) is 0 Å². The van der Waals surface area contributed by atoms with Crippen LogP contribution in [0.1, 0.15) is 0 Å². The van der Waals surface area contributed by atoms with Crippen molar-refractivity contribution in [1.29, 1.82) is 0 Å². The van der Waals surface area contributed by atoms with Crippen LogP contribution >= 0.6 is 0 Å². The summed E-state index contributed by atoms with van der Waals surface area (Å²) in [6.45, 7) is 0. The number of halogens is 2. The molecule has 0 amide bonds. The van der Waals surface area contributed by atoms with E-state index in [1.807, 2.05) is 0 Å². The van der Waals surface area contributed by atoms with E-state index >= 15 is 0 Å². The molecule has 0 fully saturated rings. The van der Waals surface area contributed by atoms with E-state index in [1.54, 1.807) is 14.8 Å². The van der Waals surface area contributed by atoms with Crippen molar-refractivity contribution in [3.8, 4) is 0 Å². The molecule has 3 atom stereocenters. The Hall–Kier alpha value is 0.469. The van der Waals surface area contributed by atoms with Gasteiger partial charge in [0.1, 0.15) is 0 Å². The molecule has 0 aromatic carbocycles. The second kappa shape index (κ2) is 4.24. The molecule has 0 bridgehead atoms. The molecule has 1 aliphatic heterocycles. The Labute approximate surface area is 105 Å². The molecule has 0 N–H and O–H groups in total. The molecule has 13 heteroatoms. The van der Waals surface area contributed by atoms with Crippen molar-refractivity contribution >= 4 is 49.4 Å². The Balaban J connectivity index is 3.66. The van der Waals surface area contributed by atoms with Crippen molar-refractivity contribution in [2.24, 2.45) is 11.3 Å². The molecular weight excluding hydrogens is 405 g/mol. The Bertz CT molecular complexity index is 673. The molecule has 1 aliphatic rings. The molecule has 0 aromatic rings. The summed E-state index contributed by atoms with van der Waals surface area (Å²) in [5, 5.41) is 0. The van der Waals surface area contributed by atoms with E-state index in [2.05, 4.69) is 11.3 Å². The molecule has 17 heavy (non-hydrogen) atoms. The van der Waals surface area contributed by atoms with Crippen LogP contribution in [0.2, 0.25) is 14.8 Å². The van der Waals surface area contributed by atoms with Gasteiger partial charge in [0.05, 0.1) is 0 Å². The summed E-state index contributed by atoms with van der Waals surface area (Å²) < 4.78 is 69.4. The van der Waals surface area contributed by atoms with Crippen molar-refractivity contribution in [3.05, 3.63) is 0 Å². The third kappa shape index (κ3) is 3.71. The van der Waals surface area contributed by atoms with Crippen LogP contribution in [0.4, 0.5) is 7.77 Å². The Morgan fingerprint density at radius 3 is 1.71 bits per heavy atom. The molecule has 0 aromatic heterocycles. The van der Waals surface area contributed by atoms with Crippen LogP contribution in [0.3, 0.4) is 0 Å². The minimum atomic E-state index is -4.93. The summed E-state index contributed by atoms with van der Waals surface area (Å²) in [4.78, 5) is 5.33. The van der Waals surface area contributed by atoms with Gasteiger partial charge in [-0.2, -0.15) is 0 Å². The van der Waals surface area contributed by atoms with Gasteiger partial charge in [-0.05, 0) is 0 Å². The molecular formula is C4H12F2N4O3S3Sn. The van der Waals surface area contributed by atoms with E-state index in [4.69, 9.17) is 0 Å². The molecule has 1 unspecified atom stereocenters. The van der Waals surface area contributed by atoms with Crippen LogP contribution in [-0.4, -0.2) is 40.9 Å². The third-order valence-electron chi connectivity index (χ3n) is 1.86. The normalized spacial score (nSPS) is 42.5. The van der Waals surface area contributed by atoms with Gasteiger partial charge in [-0.25, -0.2) is 0 Å². The summed E-state index contributed by atoms with van der Waals surface area (Å²) in [6.07, 6.45) is 0. The topological polar surface area (TPSA) is 91.5 Å². The predicted octanol–water partition coefficient (Wildman–Crippen LogP) is 1.60. The van der Waals surface area contributed by atoms with E-state index in [0.717, 1.165) is 2.53 Å². The molecule has 0 spiro atoms. The molecule has 0 saturated heterocycles. The number of hydrogen-bond acceptors (Lipinski definition) is 3. The van der Waals surface area contributed by atoms with Crippen molar-refractivity contribution in [2.75, 3.05) is 7.05 Å². The van der Waals surface area contributed by atoms with E-state index in [1.165, 1.54) is 7.05 Å². The predicted molar refractivity (Wildman–Crippen MR) is 65.0 cm³/mol. The Morgan fingerprint density at radius 1 is 0.941 bits per heavy atom. The third-order valence-corrected chi connectivity index (χ3v) is 18.2. The average Bonchev–Trinajstić information content (AvgIpc) is 1.93. The van der Waals surface area contributed by atoms with Gasteiger partial charge < -0.3 is 0 Å². The first kappa shape index (κ1) is 15.5. The summed E-state index contributed by atoms with van der Waals surface area (Å²) >= 11 is -3.05. The first-order valence-corrected chi connectivity index (χ1v) is 18.3. The van der Waals surface area contributed by atoms with E-state index in [9.17, 15) is 20.4 Å². The van der Waals surface area contributed by atoms with Gasteiger partial charge >= 0.3 is 105 Å². The summed E-state index contributed by atoms with van der Waals surface area (Å²) in [5.41, 5.74) is 0. The van der Waals surface area contributed by atoms with Gasteiger partial charge in [0.2, 0.25) is 0 Å². The number of rotatable bonds is 2. The molecule has 0 aliphatic carbocycles. The zero-order valence-electron chi connectivity index (χ0n) is 9.49. The van der Waals surface area contributed by atoms with Crippen LogP contribution in [0.15, 0.2) is 11.3 Å². The van der Waals surface area contributed by atoms with Gasteiger partial charge in [-0.3, -0.25) is 0 Å². The van der Waals surface area contributed by atoms with Gasteiger partial charge in [0.15, 0.2) is 0 Å². The van der Waals surface area contributed by atoms with Crippen molar-refractivity contribution in [3.63, 3.8) is 0 Å². The fraction of sp³-hybridized carbons (Fsp3) is 1.00. The van der Waals surface area contributed by atoms with Crippen molar-refractivity contribution < 1.29 is 20.4 Å². The average molecular weight is 417 g/mol. The van der Waals surface area contributed by atoms with Crippen LogP contribution in [0.25, 0.3) is 0 Å². The molecule has 1 rings (SSSR count). The van der Waals surface area contributed by atoms with Crippen molar-refractivity contribution in [1.82, 2.24) is 2.53 Å². The molecule has 102 valence electrons. The summed E-state index contributed by atoms with van der Waals surface area (Å²) in [7, 11) is -12.5. The number of nitrogens with zero attached hydrogens (tertiary/aromatic N) is 4. The summed E-state index contributed by atoms with van der Waals surface area (Å²) in [5.74, 6) is 0. The van der Waals surface area contributed by atoms with Gasteiger partial charge in [-0.15, -0.1) is 0 Å². The first-order chi connectivity index (χ1) is 7.28. The van der Waals surface area contributed by atoms with E-state index in [-0.39, 0.29) is 0 Å². The van der Waals surface area contributed by atoms with E-state index in [0.29, 0.717) is 0 Å². The monoisotopic (exact) mass is 418 g/mol. The van der Waals surface area contributed by atoms with E-state index < -0.39 is 49.4 Å². The first-order valence-electron chi connectivity index (χ1n) is 4.26. The molecule has 0 radical (unpaired) electrons. The van der Waals surface area contributed by atoms with Crippen molar-refractivity contribution in [2.45, 2.75) is 14.8 Å². The molecule has 1 heterocycles. The standard InChI is InChI=1S/CH3F2N4O3S3.3CH3.Sn/c1-4-13(10)6-11(2,8)5-12(3,9)7-13;;;;/h1H3;3*1H3;/q-1;;;;+1/t11-,12-;;;;/m0..../s1. The molecule has 7 nitrogen and oxygen atoms in total. The zero-order chi connectivity index (χ0) is 13.7. The Kier molecular flexibility index (Phi) is 3.88. The zero-order valence-corrected chi connectivity index (χ0v) is 14.8. The second-order valence-corrected chi connectivity index (χ2v) is 24.5. The quantitative estimate of drug-likeness (QED) is 0.505. The minimum absolute atomic E-state index is 1.11. The molecule has 0 saturated carbocycles. The van der Waals surface area contributed by atoms with Gasteiger partial charge in [0, 0.05) is 0 Å². The Morgan fingerprint density at radius 2 is 1.35 bits per heavy atom. The fourth-order valence-electron chi connectivity index (χ4n) is 0.850. The summed E-state index contributed by atoms with van der Waals surface area (Å²) in [6, 6.07) is 0. The number of hydrogen-bond donors (Lipinski definition) is 0. The maximum absolute atomic E-state index is 13.1. The van der Waals surface area contributed by atoms with Crippen LogP contribution in [0.5, 0.6) is 0 Å². The fourth-order valence-corrected chi connectivity index (χ4v) is 14.1. The second-order valence-electron chi connectivity index (χ2n) is 4.22. The van der Waals surface area contributed by atoms with Crippen LogP contribution in [-0.2, 0) is 30.7 Å². The van der Waals surface area contributed by atoms with Crippen LogP contribution < -0.4 is 0 Å². The van der Waals surface area contributed by atoms with Crippen LogP contribution in [0, 0.1) is 0 Å².